The van der Waals surface area contributed by atoms with E-state index in [9.17, 15) is 37.1 Å². The van der Waals surface area contributed by atoms with Gasteiger partial charge in [0.15, 0.2) is 0 Å². The first-order chi connectivity index (χ1) is 43.6. The minimum atomic E-state index is -4.26. The van der Waals surface area contributed by atoms with E-state index < -0.39 is 51.1 Å². The summed E-state index contributed by atoms with van der Waals surface area (Å²) in [6.45, 7) is 4.78. The molecule has 0 aliphatic heterocycles. The van der Waals surface area contributed by atoms with E-state index in [4.69, 9.17) is 0 Å². The first kappa shape index (κ1) is 74.4. The van der Waals surface area contributed by atoms with Gasteiger partial charge in [-0.1, -0.05) is 140 Å². The monoisotopic (exact) mass is 1510 g/mol. The van der Waals surface area contributed by atoms with Crippen LogP contribution < -0.4 is 0 Å². The zero-order valence-corrected chi connectivity index (χ0v) is 56.0. The molecule has 0 saturated carbocycles. The topological polar surface area (TPSA) is 225 Å². The molecule has 0 bridgehead atoms. The molecule has 0 radical (unpaired) electrons. The Morgan fingerprint density at radius 1 is 0.489 bits per heavy atom. The summed E-state index contributed by atoms with van der Waals surface area (Å²) in [4.78, 5) is 34.1. The molecule has 0 fully saturated rings. The zero-order chi connectivity index (χ0) is 64.3. The van der Waals surface area contributed by atoms with Gasteiger partial charge in [0.2, 0.25) is 0 Å². The average molecular weight is 1510 g/mol. The number of para-hydroxylation sites is 2. The Kier molecular flexibility index (Phi) is 30.6. The van der Waals surface area contributed by atoms with Crippen LogP contribution in [0.3, 0.4) is 0 Å². The van der Waals surface area contributed by atoms with Crippen LogP contribution >= 0.6 is 14.2 Å². The Hall–Kier alpha value is -8.32. The molecule has 16 nitrogen and oxygen atoms in total. The SMILES string of the molecule is O=[N+]([O-])c1ccccc1S(=O)(=O)[N-]c1ccccc1-c1ccccn1.O=[N+]([O-])c1ccccc1S(=O)(=O)[N-]c1ccccc1-c1ccccn1.[Ag+].[CH2-]CCN(C)C.[Ni+2].[Ni][Br].[c-]1ccc2c(c1)Cc1ccccc1-2.[c-]1ccc2c(c1)Cc1ccccc1-2.c1ccncc1. The van der Waals surface area contributed by atoms with Gasteiger partial charge >= 0.3 is 66.8 Å². The normalized spacial score (nSPS) is 10.7. The largest absolute Gasteiger partial charge is 0.265 e. The van der Waals surface area contributed by atoms with Gasteiger partial charge in [-0.25, -0.2) is 16.8 Å². The first-order valence-corrected chi connectivity index (χ1v) is 33.0. The van der Waals surface area contributed by atoms with Crippen molar-refractivity contribution in [3.05, 3.63) is 332 Å². The molecule has 3 heterocycles. The van der Waals surface area contributed by atoms with Crippen molar-refractivity contribution in [2.75, 3.05) is 20.6 Å². The molecule has 13 rings (SSSR count). The number of nitrogens with zero attached hydrogens (tertiary/aromatic N) is 8. The van der Waals surface area contributed by atoms with Crippen LogP contribution in [0.2, 0.25) is 0 Å². The molecule has 0 saturated heterocycles. The predicted octanol–water partition coefficient (Wildman–Crippen LogP) is 16.9. The Balaban J connectivity index is 0.000000212. The van der Waals surface area contributed by atoms with E-state index in [2.05, 4.69) is 149 Å². The van der Waals surface area contributed by atoms with E-state index >= 15 is 0 Å². The van der Waals surface area contributed by atoms with Crippen LogP contribution in [0.15, 0.2) is 271 Å². The molecule has 2 aliphatic carbocycles. The van der Waals surface area contributed by atoms with Crippen LogP contribution in [0.4, 0.5) is 22.7 Å². The van der Waals surface area contributed by atoms with Gasteiger partial charge in [0.1, 0.15) is 29.8 Å². The van der Waals surface area contributed by atoms with E-state index in [1.54, 1.807) is 97.6 Å². The Morgan fingerprint density at radius 2 is 0.837 bits per heavy atom. The van der Waals surface area contributed by atoms with Crippen LogP contribution in [-0.2, 0) is 85.5 Å². The predicted molar refractivity (Wildman–Crippen MR) is 355 cm³/mol. The Bertz CT molecular complexity index is 3990. The van der Waals surface area contributed by atoms with Gasteiger partial charge in [0, 0.05) is 36.9 Å². The smallest absolute Gasteiger partial charge is 0.0267 e. The van der Waals surface area contributed by atoms with Gasteiger partial charge in [0.25, 0.3) is 11.4 Å². The van der Waals surface area contributed by atoms with E-state index in [1.807, 2.05) is 44.4 Å². The van der Waals surface area contributed by atoms with Crippen LogP contribution in [0.5, 0.6) is 0 Å². The summed E-state index contributed by atoms with van der Waals surface area (Å²) in [6.07, 6.45) is 9.82. The fourth-order valence-corrected chi connectivity index (χ4v) is 11.6. The molecular formula is C70H59AgBrN8Ni2O8S2-2. The van der Waals surface area contributed by atoms with E-state index in [1.165, 1.54) is 93.0 Å². The molecule has 479 valence electrons. The average Bonchev–Trinajstić information content (AvgIpc) is 1.47. The van der Waals surface area contributed by atoms with Gasteiger partial charge in [-0.15, -0.1) is 33.6 Å². The number of rotatable bonds is 12. The van der Waals surface area contributed by atoms with E-state index in [0.717, 1.165) is 37.9 Å². The van der Waals surface area contributed by atoms with Gasteiger partial charge in [-0.05, 0) is 115 Å². The number of nitro groups is 2. The third-order valence-corrected chi connectivity index (χ3v) is 15.9. The number of halogens is 1. The Morgan fingerprint density at radius 3 is 1.17 bits per heavy atom. The number of fused-ring (bicyclic) bond motifs is 6. The van der Waals surface area contributed by atoms with Crippen LogP contribution in [0.25, 0.3) is 54.2 Å². The third-order valence-electron chi connectivity index (χ3n) is 13.3. The number of sulfonamides is 2. The van der Waals surface area contributed by atoms with Gasteiger partial charge < -0.3 is 21.3 Å². The molecule has 3 aromatic heterocycles. The maximum atomic E-state index is 12.6. The van der Waals surface area contributed by atoms with Crippen molar-refractivity contribution >= 4 is 57.0 Å². The summed E-state index contributed by atoms with van der Waals surface area (Å²) >= 11 is 6.25. The molecule has 92 heavy (non-hydrogen) atoms. The summed E-state index contributed by atoms with van der Waals surface area (Å²) in [5.74, 6) is 0. The fraction of sp³-hybridized carbons (Fsp3) is 0.0857. The van der Waals surface area contributed by atoms with Crippen molar-refractivity contribution in [2.45, 2.75) is 29.1 Å². The molecule has 0 unspecified atom stereocenters. The number of aromatic nitrogens is 3. The van der Waals surface area contributed by atoms with E-state index in [0.29, 0.717) is 22.5 Å². The van der Waals surface area contributed by atoms with Crippen LogP contribution in [-0.4, -0.2) is 67.2 Å². The number of nitro benzene ring substituents is 2. The second kappa shape index (κ2) is 37.9. The fourth-order valence-electron chi connectivity index (χ4n) is 9.25. The standard InChI is InChI=1S/2C17H12N3O4S.2C13H9.C5H5N.C5H12N.Ag.BrH.2Ni/c2*21-20(22)16-10-3-4-11-17(16)25(23,24)19-15-9-2-1-7-13(15)14-8-5-6-12-18-14;2*1-3-7-12-10(5-1)9-11-6-2-4-8-13(11)12;1-2-4-6-5-3-1;1-4-5-6(2)3;;;;/h2*1-12H;2*1,3-8H,9H2;1-5H;1,4-5H2,2-3H3;;1H;;/q4*-1;;-1;+1;;+1;+2/p-1. The van der Waals surface area contributed by atoms with Crippen molar-refractivity contribution in [3.8, 4) is 44.8 Å². The van der Waals surface area contributed by atoms with Crippen molar-refractivity contribution in [2.24, 2.45) is 0 Å². The zero-order valence-electron chi connectivity index (χ0n) is 49.3. The summed E-state index contributed by atoms with van der Waals surface area (Å²) in [5.41, 5.74) is 12.7. The molecule has 11 aromatic rings. The van der Waals surface area contributed by atoms with Gasteiger partial charge in [0.05, 0.1) is 21.2 Å². The summed E-state index contributed by atoms with van der Waals surface area (Å²) in [7, 11) is -4.43. The number of benzene rings is 8. The summed E-state index contributed by atoms with van der Waals surface area (Å²) in [5, 5.41) is 22.2. The summed E-state index contributed by atoms with van der Waals surface area (Å²) < 4.78 is 58.1. The minimum Gasteiger partial charge on any atom is -0.265 e. The molecule has 0 amide bonds. The van der Waals surface area contributed by atoms with E-state index in [-0.39, 0.29) is 50.2 Å². The van der Waals surface area contributed by atoms with Crippen LogP contribution in [0.1, 0.15) is 28.7 Å². The Labute approximate surface area is 578 Å². The number of pyridine rings is 3. The molecule has 0 N–H and O–H groups in total. The molecule has 0 atom stereocenters. The first-order valence-electron chi connectivity index (χ1n) is 27.6. The maximum Gasteiger partial charge on any atom is 0.0267 e. The molecule has 2 aliphatic rings. The van der Waals surface area contributed by atoms with Crippen LogP contribution in [0, 0.1) is 39.3 Å². The van der Waals surface area contributed by atoms with Crippen molar-refractivity contribution in [1.29, 1.82) is 0 Å². The quantitative estimate of drug-likeness (QED) is 0.0482. The van der Waals surface area contributed by atoms with Crippen molar-refractivity contribution in [1.82, 2.24) is 19.9 Å². The minimum absolute atomic E-state index is 0. The van der Waals surface area contributed by atoms with Crippen molar-refractivity contribution in [3.63, 3.8) is 0 Å². The van der Waals surface area contributed by atoms with Crippen molar-refractivity contribution < 1.29 is 79.2 Å². The molecule has 8 aromatic carbocycles. The second-order valence-corrected chi connectivity index (χ2v) is 22.7. The molecule has 22 heteroatoms. The summed E-state index contributed by atoms with van der Waals surface area (Å²) in [6, 6.07) is 75.6. The molecular weight excluding hydrogens is 1450 g/mol. The number of hydrogen-bond acceptors (Lipinski definition) is 12. The van der Waals surface area contributed by atoms with Gasteiger partial charge in [-0.2, -0.15) is 55.0 Å². The number of hydrogen-bond donors (Lipinski definition) is 0. The maximum absolute atomic E-state index is 12.6. The van der Waals surface area contributed by atoms with Gasteiger partial charge in [-0.3, -0.25) is 35.2 Å². The third kappa shape index (κ3) is 21.1. The molecule has 0 spiro atoms. The second-order valence-electron chi connectivity index (χ2n) is 19.6.